The number of nitrogens with zero attached hydrogens (tertiary/aromatic N) is 10. The first-order valence-corrected chi connectivity index (χ1v) is 13.9. The first-order valence-electron chi connectivity index (χ1n) is 13.5. The molecule has 5 heterocycles. The van der Waals surface area contributed by atoms with Gasteiger partial charge in [-0.3, -0.25) is 14.4 Å². The third-order valence-electron chi connectivity index (χ3n) is 7.47. The molecule has 0 aliphatic carbocycles. The first-order chi connectivity index (χ1) is 20.3. The molecule has 1 aliphatic rings. The summed E-state index contributed by atoms with van der Waals surface area (Å²) in [6.45, 7) is 2.50. The van der Waals surface area contributed by atoms with Gasteiger partial charge >= 0.3 is 0 Å². The number of nitriles is 1. The Balaban J connectivity index is 1.21. The van der Waals surface area contributed by atoms with Crippen molar-refractivity contribution in [2.75, 3.05) is 45.2 Å². The summed E-state index contributed by atoms with van der Waals surface area (Å²) in [5, 5.41) is 19.0. The molecule has 1 fully saturated rings. The van der Waals surface area contributed by atoms with Gasteiger partial charge in [-0.2, -0.15) is 15.5 Å². The van der Waals surface area contributed by atoms with Crippen LogP contribution in [0.5, 0.6) is 0 Å². The fraction of sp³-hybridized carbons (Fsp3) is 0.267. The largest absolute Gasteiger partial charge is 0.353 e. The molecule has 212 valence electrons. The number of pyridine rings is 1. The lowest BCUT2D eigenvalue weighted by atomic mass is 10.0. The first kappa shape index (κ1) is 27.4. The van der Waals surface area contributed by atoms with E-state index in [2.05, 4.69) is 21.2 Å². The summed E-state index contributed by atoms with van der Waals surface area (Å²) in [5.74, 6) is 0.876. The quantitative estimate of drug-likeness (QED) is 0.299. The number of benzene rings is 1. The Hall–Kier alpha value is -4.79. The average molecular weight is 581 g/mol. The number of carbonyl (C=O) groups excluding carboxylic acids is 1. The topological polar surface area (TPSA) is 111 Å². The molecule has 0 saturated carbocycles. The number of piperazine rings is 1. The number of amides is 1. The molecule has 0 N–H and O–H groups in total. The Kier molecular flexibility index (Phi) is 7.33. The summed E-state index contributed by atoms with van der Waals surface area (Å²) in [7, 11) is 5.66. The predicted molar refractivity (Wildman–Crippen MR) is 160 cm³/mol. The van der Waals surface area contributed by atoms with E-state index in [0.29, 0.717) is 53.7 Å². The van der Waals surface area contributed by atoms with E-state index in [9.17, 15) is 10.1 Å². The molecule has 1 atom stereocenters. The summed E-state index contributed by atoms with van der Waals surface area (Å²) in [4.78, 5) is 29.2. The van der Waals surface area contributed by atoms with Crippen LogP contribution >= 0.6 is 11.6 Å². The van der Waals surface area contributed by atoms with Crippen molar-refractivity contribution < 1.29 is 4.79 Å². The van der Waals surface area contributed by atoms with Crippen LogP contribution in [0.2, 0.25) is 5.02 Å². The van der Waals surface area contributed by atoms with Crippen molar-refractivity contribution in [2.45, 2.75) is 6.04 Å². The third-order valence-corrected chi connectivity index (χ3v) is 7.70. The number of anilines is 1. The van der Waals surface area contributed by atoms with Gasteiger partial charge in [-0.25, -0.2) is 14.5 Å². The van der Waals surface area contributed by atoms with Crippen LogP contribution < -0.4 is 4.90 Å². The fourth-order valence-electron chi connectivity index (χ4n) is 5.37. The van der Waals surface area contributed by atoms with Crippen LogP contribution in [0.1, 0.15) is 17.2 Å². The highest BCUT2D eigenvalue weighted by atomic mass is 35.5. The van der Waals surface area contributed by atoms with E-state index >= 15 is 0 Å². The standard InChI is InChI=1S/C30H29ClN10O/c1-37(2)29(20-5-4-6-24(31)13-20)30(42)40-11-9-39(10-12-40)26-8-7-21(15-33-26)27-28-22(14-32)16-35-41(28)19-25(36-27)23-17-34-38(3)18-23/h4-8,13,15-19,29H,9-12H2,1-3H3/t29-/m1/s1. The van der Waals surface area contributed by atoms with E-state index < -0.39 is 6.04 Å². The maximum absolute atomic E-state index is 13.5. The number of likely N-dealkylation sites (N-methyl/N-ethyl adjacent to an activating group) is 1. The van der Waals surface area contributed by atoms with Crippen molar-refractivity contribution in [1.82, 2.24) is 39.2 Å². The normalized spacial score (nSPS) is 14.4. The van der Waals surface area contributed by atoms with Gasteiger partial charge in [0.1, 0.15) is 29.0 Å². The molecule has 5 aromatic rings. The number of carbonyl (C=O) groups is 1. The lowest BCUT2D eigenvalue weighted by Gasteiger charge is -2.38. The van der Waals surface area contributed by atoms with E-state index in [1.807, 2.05) is 73.5 Å². The Bertz CT molecular complexity index is 1800. The molecule has 1 aliphatic heterocycles. The highest BCUT2D eigenvalue weighted by molar-refractivity contribution is 6.30. The summed E-state index contributed by atoms with van der Waals surface area (Å²) < 4.78 is 3.39. The van der Waals surface area contributed by atoms with E-state index in [1.165, 1.54) is 0 Å². The summed E-state index contributed by atoms with van der Waals surface area (Å²) in [5.41, 5.74) is 4.88. The van der Waals surface area contributed by atoms with E-state index in [0.717, 1.165) is 22.5 Å². The van der Waals surface area contributed by atoms with Gasteiger partial charge in [0.05, 0.1) is 30.0 Å². The van der Waals surface area contributed by atoms with Crippen LogP contribution in [0.3, 0.4) is 0 Å². The Labute approximate surface area is 248 Å². The minimum Gasteiger partial charge on any atom is -0.353 e. The number of fused-ring (bicyclic) bond motifs is 1. The molecule has 12 heteroatoms. The SMILES string of the molecule is CN(C)[C@@H](C(=O)N1CCN(c2ccc(-c3nc(-c4cnn(C)c4)cn4ncc(C#N)c34)cn2)CC1)c1cccc(Cl)c1. The predicted octanol–water partition coefficient (Wildman–Crippen LogP) is 3.67. The number of aromatic nitrogens is 6. The fourth-order valence-corrected chi connectivity index (χ4v) is 5.57. The molecule has 1 saturated heterocycles. The molecule has 11 nitrogen and oxygen atoms in total. The molecule has 0 bridgehead atoms. The molecule has 0 radical (unpaired) electrons. The smallest absolute Gasteiger partial charge is 0.244 e. The minimum absolute atomic E-state index is 0.0583. The van der Waals surface area contributed by atoms with Gasteiger partial charge in [-0.1, -0.05) is 23.7 Å². The molecule has 42 heavy (non-hydrogen) atoms. The van der Waals surface area contributed by atoms with Gasteiger partial charge in [0.2, 0.25) is 5.91 Å². The van der Waals surface area contributed by atoms with Crippen molar-refractivity contribution in [3.8, 4) is 28.6 Å². The zero-order chi connectivity index (χ0) is 29.4. The zero-order valence-corrected chi connectivity index (χ0v) is 24.3. The number of rotatable bonds is 6. The summed E-state index contributed by atoms with van der Waals surface area (Å²) in [6.07, 6.45) is 8.75. The Morgan fingerprint density at radius 2 is 1.83 bits per heavy atom. The van der Waals surface area contributed by atoms with Crippen molar-refractivity contribution in [2.24, 2.45) is 7.05 Å². The van der Waals surface area contributed by atoms with Crippen molar-refractivity contribution >= 4 is 28.8 Å². The number of hydrogen-bond acceptors (Lipinski definition) is 8. The van der Waals surface area contributed by atoms with Crippen LogP contribution in [-0.4, -0.2) is 85.3 Å². The van der Waals surface area contributed by atoms with Crippen molar-refractivity contribution in [3.63, 3.8) is 0 Å². The monoisotopic (exact) mass is 580 g/mol. The molecule has 1 amide bonds. The number of hydrogen-bond donors (Lipinski definition) is 0. The van der Waals surface area contributed by atoms with Gasteiger partial charge in [-0.05, 0) is 43.9 Å². The Morgan fingerprint density at radius 1 is 1.02 bits per heavy atom. The van der Waals surface area contributed by atoms with Gasteiger partial charge in [0.25, 0.3) is 0 Å². The molecule has 4 aromatic heterocycles. The molecule has 6 rings (SSSR count). The average Bonchev–Trinajstić information content (AvgIpc) is 3.63. The second-order valence-electron chi connectivity index (χ2n) is 10.5. The van der Waals surface area contributed by atoms with Gasteiger partial charge < -0.3 is 9.80 Å². The van der Waals surface area contributed by atoms with Crippen molar-refractivity contribution in [1.29, 1.82) is 5.26 Å². The lowest BCUT2D eigenvalue weighted by Crippen LogP contribution is -2.51. The molecular weight excluding hydrogens is 552 g/mol. The maximum atomic E-state index is 13.5. The summed E-state index contributed by atoms with van der Waals surface area (Å²) in [6, 6.07) is 13.2. The second kappa shape index (κ2) is 11.2. The zero-order valence-electron chi connectivity index (χ0n) is 23.5. The van der Waals surface area contributed by atoms with Crippen LogP contribution in [0, 0.1) is 11.3 Å². The molecular formula is C30H29ClN10O. The van der Waals surface area contributed by atoms with E-state index in [-0.39, 0.29) is 5.91 Å². The van der Waals surface area contributed by atoms with E-state index in [4.69, 9.17) is 21.6 Å². The molecule has 0 spiro atoms. The second-order valence-corrected chi connectivity index (χ2v) is 10.9. The third kappa shape index (κ3) is 5.18. The number of halogens is 1. The number of aryl methyl sites for hydroxylation is 1. The van der Waals surface area contributed by atoms with Gasteiger partial charge in [-0.15, -0.1) is 0 Å². The highest BCUT2D eigenvalue weighted by Gasteiger charge is 2.30. The van der Waals surface area contributed by atoms with Crippen LogP contribution in [0.25, 0.3) is 28.0 Å². The molecule has 1 aromatic carbocycles. The lowest BCUT2D eigenvalue weighted by molar-refractivity contribution is -0.136. The summed E-state index contributed by atoms with van der Waals surface area (Å²) >= 11 is 6.21. The van der Waals surface area contributed by atoms with E-state index in [1.54, 1.807) is 34.0 Å². The Morgan fingerprint density at radius 3 is 2.48 bits per heavy atom. The van der Waals surface area contributed by atoms with Gasteiger partial charge in [0.15, 0.2) is 0 Å². The van der Waals surface area contributed by atoms with Crippen LogP contribution in [0.15, 0.2) is 67.4 Å². The van der Waals surface area contributed by atoms with Gasteiger partial charge in [0, 0.05) is 61.8 Å². The minimum atomic E-state index is -0.402. The maximum Gasteiger partial charge on any atom is 0.244 e. The highest BCUT2D eigenvalue weighted by Crippen LogP contribution is 2.30. The molecule has 0 unspecified atom stereocenters. The van der Waals surface area contributed by atoms with Crippen molar-refractivity contribution in [3.05, 3.63) is 83.5 Å². The van der Waals surface area contributed by atoms with Crippen LogP contribution in [-0.2, 0) is 11.8 Å². The van der Waals surface area contributed by atoms with Crippen LogP contribution in [0.4, 0.5) is 5.82 Å².